The van der Waals surface area contributed by atoms with Gasteiger partial charge in [-0.25, -0.2) is 4.79 Å². The molecule has 4 rings (SSSR count). The molecule has 2 saturated heterocycles. The van der Waals surface area contributed by atoms with E-state index < -0.39 is 11.6 Å². The molecule has 1 saturated carbocycles. The van der Waals surface area contributed by atoms with Crippen LogP contribution in [0.3, 0.4) is 0 Å². The van der Waals surface area contributed by atoms with Gasteiger partial charge in [0.25, 0.3) is 5.91 Å². The number of carbonyl (C=O) groups excluding carboxylic acids is 3. The number of benzene rings is 1. The number of aryl methyl sites for hydroxylation is 1. The van der Waals surface area contributed by atoms with Gasteiger partial charge in [-0.05, 0) is 81.4 Å². The summed E-state index contributed by atoms with van der Waals surface area (Å²) in [5.41, 5.74) is 0.317. The Hall–Kier alpha value is -2.77. The van der Waals surface area contributed by atoms with Crippen molar-refractivity contribution in [3.05, 3.63) is 23.8 Å². The highest BCUT2D eigenvalue weighted by Crippen LogP contribution is 2.38. The monoisotopic (exact) mass is 485 g/mol. The Morgan fingerprint density at radius 1 is 1.09 bits per heavy atom. The number of hydrogen-bond acceptors (Lipinski definition) is 5. The standard InChI is InChI=1S/C27H39N3O5/c1-4-19-12-14-27(15-13-19)25(32)30(26(33)28-27)18-24(31)29-16-6-5-7-21(29)10-8-20-9-11-22(34-2)23(17-20)35-3/h9,11,17,19,21H,4-8,10,12-16,18H2,1-3H3,(H,28,33). The fourth-order valence-electron chi connectivity index (χ4n) is 5.96. The molecule has 192 valence electrons. The molecule has 1 aromatic rings. The van der Waals surface area contributed by atoms with Gasteiger partial charge >= 0.3 is 6.03 Å². The summed E-state index contributed by atoms with van der Waals surface area (Å²) >= 11 is 0. The molecule has 4 amide bonds. The molecule has 2 heterocycles. The van der Waals surface area contributed by atoms with E-state index >= 15 is 0 Å². The van der Waals surface area contributed by atoms with Crippen LogP contribution < -0.4 is 14.8 Å². The molecule has 8 nitrogen and oxygen atoms in total. The van der Waals surface area contributed by atoms with Gasteiger partial charge in [0, 0.05) is 12.6 Å². The predicted octanol–water partition coefficient (Wildman–Crippen LogP) is 3.91. The Morgan fingerprint density at radius 3 is 2.51 bits per heavy atom. The number of urea groups is 1. The van der Waals surface area contributed by atoms with E-state index in [1.807, 2.05) is 23.1 Å². The van der Waals surface area contributed by atoms with Crippen molar-refractivity contribution in [2.75, 3.05) is 27.3 Å². The Kier molecular flexibility index (Phi) is 7.87. The zero-order chi connectivity index (χ0) is 25.0. The van der Waals surface area contributed by atoms with Gasteiger partial charge in [-0.3, -0.25) is 14.5 Å². The molecular formula is C27H39N3O5. The van der Waals surface area contributed by atoms with Crippen LogP contribution in [0.5, 0.6) is 11.5 Å². The molecule has 8 heteroatoms. The number of nitrogens with zero attached hydrogens (tertiary/aromatic N) is 2. The van der Waals surface area contributed by atoms with Crippen LogP contribution >= 0.6 is 0 Å². The van der Waals surface area contributed by atoms with E-state index in [2.05, 4.69) is 12.2 Å². The predicted molar refractivity (Wildman–Crippen MR) is 132 cm³/mol. The lowest BCUT2D eigenvalue weighted by atomic mass is 9.75. The molecule has 0 radical (unpaired) electrons. The first-order valence-corrected chi connectivity index (χ1v) is 13.0. The summed E-state index contributed by atoms with van der Waals surface area (Å²) < 4.78 is 10.7. The number of hydrogen-bond donors (Lipinski definition) is 1. The zero-order valence-electron chi connectivity index (χ0n) is 21.3. The smallest absolute Gasteiger partial charge is 0.325 e. The summed E-state index contributed by atoms with van der Waals surface area (Å²) in [5.74, 6) is 1.65. The van der Waals surface area contributed by atoms with E-state index in [9.17, 15) is 14.4 Å². The van der Waals surface area contributed by atoms with Gasteiger partial charge in [-0.15, -0.1) is 0 Å². The Labute approximate surface area is 208 Å². The summed E-state index contributed by atoms with van der Waals surface area (Å²) in [6.45, 7) is 2.67. The average Bonchev–Trinajstić information content (AvgIpc) is 3.11. The highest BCUT2D eigenvalue weighted by Gasteiger charge is 2.52. The second-order valence-corrected chi connectivity index (χ2v) is 10.2. The van der Waals surface area contributed by atoms with Gasteiger partial charge in [0.1, 0.15) is 12.1 Å². The number of rotatable bonds is 8. The first-order valence-electron chi connectivity index (χ1n) is 13.0. The molecule has 1 aromatic carbocycles. The third kappa shape index (κ3) is 5.26. The van der Waals surface area contributed by atoms with Crippen LogP contribution in [0.1, 0.15) is 70.3 Å². The van der Waals surface area contributed by atoms with Crippen molar-refractivity contribution in [3.8, 4) is 11.5 Å². The fourth-order valence-corrected chi connectivity index (χ4v) is 5.96. The van der Waals surface area contributed by atoms with E-state index in [0.717, 1.165) is 61.8 Å². The Balaban J connectivity index is 1.38. The lowest BCUT2D eigenvalue weighted by molar-refractivity contribution is -0.141. The number of likely N-dealkylation sites (tertiary alicyclic amines) is 1. The van der Waals surface area contributed by atoms with Gasteiger partial charge in [-0.1, -0.05) is 19.4 Å². The normalized spacial score (nSPS) is 26.7. The average molecular weight is 486 g/mol. The lowest BCUT2D eigenvalue weighted by Gasteiger charge is -2.37. The minimum atomic E-state index is -0.808. The zero-order valence-corrected chi connectivity index (χ0v) is 21.3. The van der Waals surface area contributed by atoms with Gasteiger partial charge < -0.3 is 19.7 Å². The van der Waals surface area contributed by atoms with Gasteiger partial charge in [0.2, 0.25) is 5.91 Å². The van der Waals surface area contributed by atoms with Crippen molar-refractivity contribution >= 4 is 17.8 Å². The second-order valence-electron chi connectivity index (χ2n) is 10.2. The molecule has 2 aliphatic heterocycles. The molecule has 1 aliphatic carbocycles. The van der Waals surface area contributed by atoms with Crippen molar-refractivity contribution in [3.63, 3.8) is 0 Å². The van der Waals surface area contributed by atoms with Crippen molar-refractivity contribution in [2.45, 2.75) is 82.7 Å². The summed E-state index contributed by atoms with van der Waals surface area (Å²) in [7, 11) is 3.24. The van der Waals surface area contributed by atoms with E-state index in [0.29, 0.717) is 36.8 Å². The van der Waals surface area contributed by atoms with E-state index in [-0.39, 0.29) is 24.4 Å². The minimum absolute atomic E-state index is 0.0964. The van der Waals surface area contributed by atoms with Crippen molar-refractivity contribution in [2.24, 2.45) is 5.92 Å². The molecule has 0 aromatic heterocycles. The maximum atomic E-state index is 13.3. The number of amides is 4. The lowest BCUT2D eigenvalue weighted by Crippen LogP contribution is -2.51. The molecule has 3 fully saturated rings. The van der Waals surface area contributed by atoms with Crippen LogP contribution in [0, 0.1) is 5.92 Å². The summed E-state index contributed by atoms with van der Waals surface area (Å²) in [6, 6.07) is 5.58. The number of nitrogens with one attached hydrogen (secondary N) is 1. The summed E-state index contributed by atoms with van der Waals surface area (Å²) in [6.07, 6.45) is 8.89. The number of ether oxygens (including phenoxy) is 2. The number of imide groups is 1. The SMILES string of the molecule is CCC1CCC2(CC1)NC(=O)N(CC(=O)N1CCCCC1CCc1ccc(OC)c(OC)c1)C2=O. The number of methoxy groups -OCH3 is 2. The van der Waals surface area contributed by atoms with Crippen LogP contribution in [0.4, 0.5) is 4.79 Å². The Bertz CT molecular complexity index is 941. The van der Waals surface area contributed by atoms with Crippen LogP contribution in [-0.4, -0.2) is 66.5 Å². The molecule has 0 bridgehead atoms. The van der Waals surface area contributed by atoms with E-state index in [1.165, 1.54) is 0 Å². The van der Waals surface area contributed by atoms with E-state index in [1.54, 1.807) is 14.2 Å². The number of carbonyl (C=O) groups is 3. The Morgan fingerprint density at radius 2 is 1.83 bits per heavy atom. The first-order chi connectivity index (χ1) is 16.9. The number of piperidine rings is 1. The third-order valence-corrected chi connectivity index (χ3v) is 8.24. The van der Waals surface area contributed by atoms with Crippen molar-refractivity contribution in [1.82, 2.24) is 15.1 Å². The molecule has 1 atom stereocenters. The van der Waals surface area contributed by atoms with Gasteiger partial charge in [0.05, 0.1) is 14.2 Å². The minimum Gasteiger partial charge on any atom is -0.493 e. The summed E-state index contributed by atoms with van der Waals surface area (Å²) in [4.78, 5) is 42.4. The third-order valence-electron chi connectivity index (χ3n) is 8.24. The largest absolute Gasteiger partial charge is 0.493 e. The van der Waals surface area contributed by atoms with Crippen LogP contribution in [0.2, 0.25) is 0 Å². The van der Waals surface area contributed by atoms with E-state index in [4.69, 9.17) is 9.47 Å². The maximum absolute atomic E-state index is 13.3. The highest BCUT2D eigenvalue weighted by atomic mass is 16.5. The molecule has 1 unspecified atom stereocenters. The van der Waals surface area contributed by atoms with Gasteiger partial charge in [-0.2, -0.15) is 0 Å². The van der Waals surface area contributed by atoms with Crippen LogP contribution in [0.25, 0.3) is 0 Å². The van der Waals surface area contributed by atoms with Crippen LogP contribution in [-0.2, 0) is 16.0 Å². The highest BCUT2D eigenvalue weighted by molar-refractivity contribution is 6.09. The first kappa shape index (κ1) is 25.3. The molecular weight excluding hydrogens is 446 g/mol. The molecule has 1 N–H and O–H groups in total. The molecule has 1 spiro atoms. The summed E-state index contributed by atoms with van der Waals surface area (Å²) in [5, 5.41) is 2.94. The molecule has 35 heavy (non-hydrogen) atoms. The maximum Gasteiger partial charge on any atom is 0.325 e. The van der Waals surface area contributed by atoms with Crippen LogP contribution in [0.15, 0.2) is 18.2 Å². The second kappa shape index (κ2) is 10.9. The quantitative estimate of drug-likeness (QED) is 0.564. The fraction of sp³-hybridized carbons (Fsp3) is 0.667. The van der Waals surface area contributed by atoms with Crippen molar-refractivity contribution in [1.29, 1.82) is 0 Å². The van der Waals surface area contributed by atoms with Gasteiger partial charge in [0.15, 0.2) is 11.5 Å². The molecule has 3 aliphatic rings. The van der Waals surface area contributed by atoms with Crippen molar-refractivity contribution < 1.29 is 23.9 Å². The topological polar surface area (TPSA) is 88.2 Å².